The minimum Gasteiger partial charge on any atom is -0.496 e. The number of halogens is 2. The molecule has 0 fully saturated rings. The molecule has 0 saturated heterocycles. The summed E-state index contributed by atoms with van der Waals surface area (Å²) in [4.78, 5) is 23.9. The van der Waals surface area contributed by atoms with Crippen molar-refractivity contribution in [2.45, 2.75) is 17.9 Å². The van der Waals surface area contributed by atoms with Gasteiger partial charge < -0.3 is 14.8 Å². The average Bonchev–Trinajstić information content (AvgIpc) is 2.67. The van der Waals surface area contributed by atoms with Gasteiger partial charge >= 0.3 is 5.97 Å². The number of nitrogens with one attached hydrogen (secondary N) is 1. The first kappa shape index (κ1) is 20.7. The summed E-state index contributed by atoms with van der Waals surface area (Å²) >= 11 is 1.20. The maximum atomic E-state index is 13.1. The molecule has 0 unspecified atom stereocenters. The molecule has 0 radical (unpaired) electrons. The van der Waals surface area contributed by atoms with Crippen LogP contribution in [0.25, 0.3) is 0 Å². The Labute approximate surface area is 160 Å². The number of hydrogen-bond donors (Lipinski definition) is 1. The van der Waals surface area contributed by atoms with Gasteiger partial charge in [-0.25, -0.2) is 8.78 Å². The standard InChI is InChI=1S/C19H19F2NO4S/c1-25-17-5-3-2-4-13(17)11-22-18(23)12-26-19(24)8-9-27-14-6-7-15(20)16(21)10-14/h2-7,10H,8-9,11-12H2,1H3,(H,22,23). The van der Waals surface area contributed by atoms with Gasteiger partial charge in [-0.2, -0.15) is 0 Å². The summed E-state index contributed by atoms with van der Waals surface area (Å²) in [6.07, 6.45) is 0.0451. The second-order valence-corrected chi connectivity index (χ2v) is 6.59. The molecule has 0 aliphatic heterocycles. The SMILES string of the molecule is COc1ccccc1CNC(=O)COC(=O)CCSc1ccc(F)c(F)c1. The van der Waals surface area contributed by atoms with Crippen LogP contribution in [0.4, 0.5) is 8.78 Å². The Morgan fingerprint density at radius 3 is 2.63 bits per heavy atom. The molecule has 0 spiro atoms. The van der Waals surface area contributed by atoms with Crippen LogP contribution in [0.15, 0.2) is 47.4 Å². The van der Waals surface area contributed by atoms with Crippen LogP contribution >= 0.6 is 11.8 Å². The van der Waals surface area contributed by atoms with Crippen molar-refractivity contribution >= 4 is 23.6 Å². The van der Waals surface area contributed by atoms with Crippen molar-refractivity contribution in [3.63, 3.8) is 0 Å². The zero-order chi connectivity index (χ0) is 19.6. The van der Waals surface area contributed by atoms with E-state index in [1.165, 1.54) is 17.8 Å². The number of benzene rings is 2. The molecule has 0 aromatic heterocycles. The molecule has 0 atom stereocenters. The van der Waals surface area contributed by atoms with Crippen LogP contribution in [0, 0.1) is 11.6 Å². The number of thioether (sulfide) groups is 1. The first-order chi connectivity index (χ1) is 13.0. The molecule has 144 valence electrons. The van der Waals surface area contributed by atoms with Gasteiger partial charge in [0.25, 0.3) is 5.91 Å². The molecule has 27 heavy (non-hydrogen) atoms. The van der Waals surface area contributed by atoms with Gasteiger partial charge in [-0.1, -0.05) is 18.2 Å². The number of rotatable bonds is 9. The van der Waals surface area contributed by atoms with E-state index in [1.807, 2.05) is 18.2 Å². The lowest BCUT2D eigenvalue weighted by atomic mass is 10.2. The fourth-order valence-corrected chi connectivity index (χ4v) is 2.99. The maximum absolute atomic E-state index is 13.1. The van der Waals surface area contributed by atoms with E-state index in [0.29, 0.717) is 16.4 Å². The molecule has 8 heteroatoms. The number of carbonyl (C=O) groups excluding carboxylic acids is 2. The number of hydrogen-bond acceptors (Lipinski definition) is 5. The molecule has 0 bridgehead atoms. The number of carbonyl (C=O) groups is 2. The minimum absolute atomic E-state index is 0.0451. The molecule has 2 aromatic carbocycles. The molecule has 1 N–H and O–H groups in total. The van der Waals surface area contributed by atoms with Crippen molar-refractivity contribution in [1.29, 1.82) is 0 Å². The molecule has 2 aromatic rings. The third kappa shape index (κ3) is 6.90. The summed E-state index contributed by atoms with van der Waals surface area (Å²) in [5.74, 6) is -1.84. The lowest BCUT2D eigenvalue weighted by molar-refractivity contribution is -0.148. The summed E-state index contributed by atoms with van der Waals surface area (Å²) in [5.41, 5.74) is 0.808. The Hall–Kier alpha value is -2.61. The molecule has 0 aliphatic rings. The molecule has 5 nitrogen and oxygen atoms in total. The quantitative estimate of drug-likeness (QED) is 0.521. The molecule has 0 heterocycles. The van der Waals surface area contributed by atoms with E-state index in [4.69, 9.17) is 9.47 Å². The third-order valence-electron chi connectivity index (χ3n) is 3.50. The van der Waals surface area contributed by atoms with Crippen molar-refractivity contribution in [3.8, 4) is 5.75 Å². The average molecular weight is 395 g/mol. The Morgan fingerprint density at radius 1 is 1.11 bits per heavy atom. The molecule has 0 saturated carbocycles. The molecular formula is C19H19F2NO4S. The van der Waals surface area contributed by atoms with E-state index in [2.05, 4.69) is 5.32 Å². The molecule has 1 amide bonds. The summed E-state index contributed by atoms with van der Waals surface area (Å²) in [6.45, 7) is -0.129. The van der Waals surface area contributed by atoms with E-state index < -0.39 is 23.5 Å². The van der Waals surface area contributed by atoms with Crippen LogP contribution < -0.4 is 10.1 Å². The summed E-state index contributed by atoms with van der Waals surface area (Å²) in [6, 6.07) is 10.8. The Kier molecular flexibility index (Phi) is 8.06. The van der Waals surface area contributed by atoms with Gasteiger partial charge in [-0.3, -0.25) is 9.59 Å². The number of para-hydroxylation sites is 1. The van der Waals surface area contributed by atoms with E-state index in [9.17, 15) is 18.4 Å². The van der Waals surface area contributed by atoms with Crippen LogP contribution in [-0.2, 0) is 20.9 Å². The second-order valence-electron chi connectivity index (χ2n) is 5.42. The third-order valence-corrected chi connectivity index (χ3v) is 4.49. The molecular weight excluding hydrogens is 376 g/mol. The van der Waals surface area contributed by atoms with Crippen LogP contribution in [-0.4, -0.2) is 31.3 Å². The van der Waals surface area contributed by atoms with Crippen LogP contribution in [0.3, 0.4) is 0 Å². The van der Waals surface area contributed by atoms with Crippen molar-refractivity contribution < 1.29 is 27.8 Å². The molecule has 2 rings (SSSR count). The lowest BCUT2D eigenvalue weighted by Crippen LogP contribution is -2.28. The maximum Gasteiger partial charge on any atom is 0.307 e. The fourth-order valence-electron chi connectivity index (χ4n) is 2.13. The van der Waals surface area contributed by atoms with E-state index in [-0.39, 0.29) is 19.6 Å². The van der Waals surface area contributed by atoms with Gasteiger partial charge in [0.05, 0.1) is 13.5 Å². The first-order valence-electron chi connectivity index (χ1n) is 8.11. The Balaban J connectivity index is 1.65. The van der Waals surface area contributed by atoms with E-state index in [0.717, 1.165) is 17.7 Å². The van der Waals surface area contributed by atoms with Crippen LogP contribution in [0.2, 0.25) is 0 Å². The smallest absolute Gasteiger partial charge is 0.307 e. The highest BCUT2D eigenvalue weighted by atomic mass is 32.2. The summed E-state index contributed by atoms with van der Waals surface area (Å²) in [5, 5.41) is 2.64. The van der Waals surface area contributed by atoms with Crippen molar-refractivity contribution in [3.05, 3.63) is 59.7 Å². The van der Waals surface area contributed by atoms with Crippen LogP contribution in [0.5, 0.6) is 5.75 Å². The molecule has 0 aliphatic carbocycles. The summed E-state index contributed by atoms with van der Waals surface area (Å²) < 4.78 is 36.0. The zero-order valence-electron chi connectivity index (χ0n) is 14.7. The monoisotopic (exact) mass is 395 g/mol. The number of methoxy groups -OCH3 is 1. The second kappa shape index (κ2) is 10.5. The predicted octanol–water partition coefficient (Wildman–Crippen LogP) is 3.32. The highest BCUT2D eigenvalue weighted by molar-refractivity contribution is 7.99. The van der Waals surface area contributed by atoms with Gasteiger partial charge in [0.2, 0.25) is 0 Å². The van der Waals surface area contributed by atoms with Gasteiger partial charge in [0.15, 0.2) is 18.2 Å². The highest BCUT2D eigenvalue weighted by Crippen LogP contribution is 2.21. The predicted molar refractivity (Wildman–Crippen MR) is 97.5 cm³/mol. The Bertz CT molecular complexity index is 801. The normalized spacial score (nSPS) is 10.3. The number of esters is 1. The van der Waals surface area contributed by atoms with Crippen LogP contribution in [0.1, 0.15) is 12.0 Å². The highest BCUT2D eigenvalue weighted by Gasteiger charge is 2.10. The Morgan fingerprint density at radius 2 is 1.89 bits per heavy atom. The summed E-state index contributed by atoms with van der Waals surface area (Å²) in [7, 11) is 1.54. The van der Waals surface area contributed by atoms with Gasteiger partial charge in [-0.05, 0) is 24.3 Å². The van der Waals surface area contributed by atoms with Crippen molar-refractivity contribution in [1.82, 2.24) is 5.32 Å². The van der Waals surface area contributed by atoms with Gasteiger partial charge in [0, 0.05) is 22.8 Å². The van der Waals surface area contributed by atoms with Gasteiger partial charge in [0.1, 0.15) is 5.75 Å². The van der Waals surface area contributed by atoms with E-state index in [1.54, 1.807) is 13.2 Å². The topological polar surface area (TPSA) is 64.6 Å². The van der Waals surface area contributed by atoms with E-state index >= 15 is 0 Å². The zero-order valence-corrected chi connectivity index (χ0v) is 15.5. The largest absolute Gasteiger partial charge is 0.496 e. The number of ether oxygens (including phenoxy) is 2. The first-order valence-corrected chi connectivity index (χ1v) is 9.10. The van der Waals surface area contributed by atoms with Crippen molar-refractivity contribution in [2.75, 3.05) is 19.5 Å². The lowest BCUT2D eigenvalue weighted by Gasteiger charge is -2.10. The van der Waals surface area contributed by atoms with Crippen molar-refractivity contribution in [2.24, 2.45) is 0 Å². The fraction of sp³-hybridized carbons (Fsp3) is 0.263. The van der Waals surface area contributed by atoms with Gasteiger partial charge in [-0.15, -0.1) is 11.8 Å². The number of amides is 1. The minimum atomic E-state index is -0.936.